The number of ether oxygens (including phenoxy) is 2. The van der Waals surface area contributed by atoms with E-state index in [-0.39, 0.29) is 25.3 Å². The maximum absolute atomic E-state index is 13.6. The zero-order valence-corrected chi connectivity index (χ0v) is 18.4. The van der Waals surface area contributed by atoms with E-state index in [2.05, 4.69) is 5.10 Å². The number of fused-ring (bicyclic) bond motifs is 2. The Morgan fingerprint density at radius 2 is 1.88 bits per heavy atom. The number of rotatable bonds is 5. The highest BCUT2D eigenvalue weighted by molar-refractivity contribution is 5.96. The number of hydrogen-bond acceptors (Lipinski definition) is 6. The first-order chi connectivity index (χ1) is 16.0. The maximum Gasteiger partial charge on any atom is 0.349 e. The van der Waals surface area contributed by atoms with Crippen molar-refractivity contribution in [3.63, 3.8) is 0 Å². The first-order valence-electron chi connectivity index (χ1n) is 10.7. The van der Waals surface area contributed by atoms with Crippen LogP contribution >= 0.6 is 0 Å². The Balaban J connectivity index is 1.47. The third-order valence-electron chi connectivity index (χ3n) is 5.60. The molecule has 33 heavy (non-hydrogen) atoms. The summed E-state index contributed by atoms with van der Waals surface area (Å²) in [4.78, 5) is 27.8. The van der Waals surface area contributed by atoms with Crippen molar-refractivity contribution in [2.24, 2.45) is 7.05 Å². The SMILES string of the molecule is Cc1cc(CN(CC2COc3ccccc3O2)C(=O)c2cc3ccccc3oc2=O)n(C)n1. The van der Waals surface area contributed by atoms with E-state index in [1.54, 1.807) is 33.8 Å². The average Bonchev–Trinajstić information content (AvgIpc) is 3.14. The van der Waals surface area contributed by atoms with Gasteiger partial charge in [0.15, 0.2) is 17.6 Å². The minimum Gasteiger partial charge on any atom is -0.486 e. The summed E-state index contributed by atoms with van der Waals surface area (Å²) in [6.45, 7) is 2.66. The highest BCUT2D eigenvalue weighted by Crippen LogP contribution is 2.31. The van der Waals surface area contributed by atoms with E-state index in [9.17, 15) is 9.59 Å². The van der Waals surface area contributed by atoms with Gasteiger partial charge >= 0.3 is 5.63 Å². The summed E-state index contributed by atoms with van der Waals surface area (Å²) in [6.07, 6.45) is -0.398. The largest absolute Gasteiger partial charge is 0.486 e. The predicted octanol–water partition coefficient (Wildman–Crippen LogP) is 3.32. The third-order valence-corrected chi connectivity index (χ3v) is 5.60. The van der Waals surface area contributed by atoms with E-state index in [0.29, 0.717) is 22.5 Å². The van der Waals surface area contributed by atoms with Crippen molar-refractivity contribution < 1.29 is 18.7 Å². The molecule has 0 spiro atoms. The van der Waals surface area contributed by atoms with Crippen LogP contribution in [0.5, 0.6) is 11.5 Å². The fourth-order valence-electron chi connectivity index (χ4n) is 4.01. The van der Waals surface area contributed by atoms with Gasteiger partial charge in [-0.05, 0) is 37.3 Å². The number of aromatic nitrogens is 2. The van der Waals surface area contributed by atoms with Crippen molar-refractivity contribution >= 4 is 16.9 Å². The molecule has 1 unspecified atom stereocenters. The van der Waals surface area contributed by atoms with Crippen LogP contribution in [0.1, 0.15) is 21.7 Å². The second-order valence-electron chi connectivity index (χ2n) is 8.07. The Morgan fingerprint density at radius 1 is 1.12 bits per heavy atom. The first kappa shape index (κ1) is 20.8. The number of aryl methyl sites for hydroxylation is 2. The van der Waals surface area contributed by atoms with Crippen LogP contribution in [0.25, 0.3) is 11.0 Å². The van der Waals surface area contributed by atoms with E-state index in [0.717, 1.165) is 11.4 Å². The molecule has 3 heterocycles. The quantitative estimate of drug-likeness (QED) is 0.438. The number of para-hydroxylation sites is 3. The lowest BCUT2D eigenvalue weighted by Crippen LogP contribution is -2.44. The Morgan fingerprint density at radius 3 is 2.67 bits per heavy atom. The van der Waals surface area contributed by atoms with Crippen molar-refractivity contribution in [3.05, 3.63) is 88.0 Å². The molecule has 0 saturated heterocycles. The van der Waals surface area contributed by atoms with Crippen LogP contribution in [0.3, 0.4) is 0 Å². The van der Waals surface area contributed by atoms with Gasteiger partial charge in [-0.25, -0.2) is 4.79 Å². The first-order valence-corrected chi connectivity index (χ1v) is 10.7. The summed E-state index contributed by atoms with van der Waals surface area (Å²) in [5.74, 6) is 0.864. The van der Waals surface area contributed by atoms with Crippen LogP contribution < -0.4 is 15.1 Å². The molecular formula is C25H23N3O5. The average molecular weight is 445 g/mol. The number of carbonyl (C=O) groups is 1. The molecule has 1 aliphatic heterocycles. The van der Waals surface area contributed by atoms with Crippen molar-refractivity contribution in [2.75, 3.05) is 13.2 Å². The molecular weight excluding hydrogens is 422 g/mol. The maximum atomic E-state index is 13.6. The van der Waals surface area contributed by atoms with Gasteiger partial charge < -0.3 is 18.8 Å². The summed E-state index contributed by atoms with van der Waals surface area (Å²) in [5, 5.41) is 5.06. The van der Waals surface area contributed by atoms with Gasteiger partial charge in [0.2, 0.25) is 0 Å². The topological polar surface area (TPSA) is 86.8 Å². The summed E-state index contributed by atoms with van der Waals surface area (Å²) < 4.78 is 19.0. The Hall–Kier alpha value is -4.07. The van der Waals surface area contributed by atoms with Gasteiger partial charge in [0.25, 0.3) is 5.91 Å². The predicted molar refractivity (Wildman–Crippen MR) is 122 cm³/mol. The molecule has 5 rings (SSSR count). The van der Waals surface area contributed by atoms with Crippen LogP contribution in [0, 0.1) is 6.92 Å². The van der Waals surface area contributed by atoms with Crippen molar-refractivity contribution in [3.8, 4) is 11.5 Å². The minimum atomic E-state index is -0.670. The number of nitrogens with zero attached hydrogens (tertiary/aromatic N) is 3. The van der Waals surface area contributed by atoms with Gasteiger partial charge in [0.1, 0.15) is 17.8 Å². The molecule has 0 saturated carbocycles. The lowest BCUT2D eigenvalue weighted by molar-refractivity contribution is 0.0436. The van der Waals surface area contributed by atoms with Crippen LogP contribution in [0.4, 0.5) is 0 Å². The van der Waals surface area contributed by atoms with Crippen molar-refractivity contribution in [1.29, 1.82) is 0 Å². The molecule has 1 amide bonds. The molecule has 168 valence electrons. The number of benzene rings is 2. The number of carbonyl (C=O) groups excluding carboxylic acids is 1. The second kappa shape index (κ2) is 8.46. The van der Waals surface area contributed by atoms with E-state index >= 15 is 0 Å². The van der Waals surface area contributed by atoms with E-state index < -0.39 is 17.6 Å². The molecule has 0 radical (unpaired) electrons. The summed E-state index contributed by atoms with van der Waals surface area (Å²) in [7, 11) is 1.83. The molecule has 2 aromatic carbocycles. The van der Waals surface area contributed by atoms with Crippen LogP contribution in [-0.4, -0.2) is 39.8 Å². The molecule has 8 nitrogen and oxygen atoms in total. The molecule has 1 aliphatic rings. The fourth-order valence-corrected chi connectivity index (χ4v) is 4.01. The molecule has 1 atom stereocenters. The van der Waals surface area contributed by atoms with Crippen LogP contribution in [-0.2, 0) is 13.6 Å². The normalized spacial score (nSPS) is 14.9. The zero-order valence-electron chi connectivity index (χ0n) is 18.4. The minimum absolute atomic E-state index is 0.0234. The van der Waals surface area contributed by atoms with Gasteiger partial charge in [-0.15, -0.1) is 0 Å². The highest BCUT2D eigenvalue weighted by atomic mass is 16.6. The molecule has 0 aliphatic carbocycles. The van der Waals surface area contributed by atoms with E-state index in [4.69, 9.17) is 13.9 Å². The zero-order chi connectivity index (χ0) is 22.9. The van der Waals surface area contributed by atoms with E-state index in [1.807, 2.05) is 50.4 Å². The van der Waals surface area contributed by atoms with Gasteiger partial charge in [-0.3, -0.25) is 9.48 Å². The molecule has 0 bridgehead atoms. The van der Waals surface area contributed by atoms with E-state index in [1.165, 1.54) is 0 Å². The van der Waals surface area contributed by atoms with Crippen molar-refractivity contribution in [2.45, 2.75) is 19.6 Å². The number of hydrogen-bond donors (Lipinski definition) is 0. The Kier molecular flexibility index (Phi) is 5.34. The lowest BCUT2D eigenvalue weighted by Gasteiger charge is -2.31. The molecule has 8 heteroatoms. The van der Waals surface area contributed by atoms with Gasteiger partial charge in [-0.2, -0.15) is 5.10 Å². The second-order valence-corrected chi connectivity index (χ2v) is 8.07. The van der Waals surface area contributed by atoms with Gasteiger partial charge in [-0.1, -0.05) is 30.3 Å². The number of amides is 1. The highest BCUT2D eigenvalue weighted by Gasteiger charge is 2.28. The third kappa shape index (κ3) is 4.19. The summed E-state index contributed by atoms with van der Waals surface area (Å²) >= 11 is 0. The monoisotopic (exact) mass is 445 g/mol. The Labute approximate surface area is 189 Å². The Bertz CT molecular complexity index is 1390. The summed E-state index contributed by atoms with van der Waals surface area (Å²) in [5.41, 5.74) is 1.42. The van der Waals surface area contributed by atoms with Gasteiger partial charge in [0.05, 0.1) is 24.5 Å². The van der Waals surface area contributed by atoms with Crippen molar-refractivity contribution in [1.82, 2.24) is 14.7 Å². The van der Waals surface area contributed by atoms with Crippen LogP contribution in [0.15, 0.2) is 69.9 Å². The molecule has 0 fully saturated rings. The molecule has 2 aromatic heterocycles. The fraction of sp³-hybridized carbons (Fsp3) is 0.240. The summed E-state index contributed by atoms with van der Waals surface area (Å²) in [6, 6.07) is 18.0. The smallest absolute Gasteiger partial charge is 0.349 e. The standard InChI is InChI=1S/C25H23N3O5/c1-16-11-18(27(2)26-16)13-28(14-19-15-31-22-9-5-6-10-23(22)32-19)24(29)20-12-17-7-3-4-8-21(17)33-25(20)30/h3-12,19H,13-15H2,1-2H3. The lowest BCUT2D eigenvalue weighted by atomic mass is 10.1. The molecule has 0 N–H and O–H groups in total. The van der Waals surface area contributed by atoms with Gasteiger partial charge in [0, 0.05) is 12.4 Å². The molecule has 4 aromatic rings. The van der Waals surface area contributed by atoms with Crippen LogP contribution in [0.2, 0.25) is 0 Å².